The Hall–Kier alpha value is -3.52. The second kappa shape index (κ2) is 8.55. The summed E-state index contributed by atoms with van der Waals surface area (Å²) in [4.78, 5) is 39.9. The van der Waals surface area contributed by atoms with E-state index in [0.717, 1.165) is 11.1 Å². The number of aliphatic hydroxyl groups is 1. The molecule has 1 aromatic carbocycles. The van der Waals surface area contributed by atoms with Crippen LogP contribution in [0.4, 0.5) is 0 Å². The van der Waals surface area contributed by atoms with Crippen molar-refractivity contribution in [3.63, 3.8) is 0 Å². The minimum absolute atomic E-state index is 0.166. The molecule has 4 rings (SSSR count). The fourth-order valence-corrected chi connectivity index (χ4v) is 4.22. The fourth-order valence-electron chi connectivity index (χ4n) is 4.22. The number of aliphatic hydroxyl groups excluding tert-OH is 1. The van der Waals surface area contributed by atoms with Crippen molar-refractivity contribution in [3.8, 4) is 0 Å². The summed E-state index contributed by atoms with van der Waals surface area (Å²) in [6, 6.07) is 9.35. The Kier molecular flexibility index (Phi) is 5.80. The summed E-state index contributed by atoms with van der Waals surface area (Å²) in [6.07, 6.45) is 5.62. The van der Waals surface area contributed by atoms with Crippen molar-refractivity contribution < 1.29 is 14.7 Å². The molecule has 0 saturated carbocycles. The van der Waals surface area contributed by atoms with Gasteiger partial charge in [0.05, 0.1) is 18.5 Å². The molecule has 0 fully saturated rings. The van der Waals surface area contributed by atoms with Gasteiger partial charge in [0.2, 0.25) is 5.91 Å². The molecule has 8 heteroatoms. The van der Waals surface area contributed by atoms with E-state index in [2.05, 4.69) is 20.3 Å². The predicted molar refractivity (Wildman–Crippen MR) is 119 cm³/mol. The Morgan fingerprint density at radius 1 is 1.22 bits per heavy atom. The van der Waals surface area contributed by atoms with Crippen LogP contribution in [0.2, 0.25) is 0 Å². The highest BCUT2D eigenvalue weighted by Crippen LogP contribution is 2.41. The van der Waals surface area contributed by atoms with Crippen LogP contribution in [0, 0.1) is 0 Å². The van der Waals surface area contributed by atoms with Crippen LogP contribution in [-0.4, -0.2) is 48.4 Å². The number of nitrogens with zero attached hydrogens (tertiary/aromatic N) is 3. The summed E-state index contributed by atoms with van der Waals surface area (Å²) in [5.41, 5.74) is 1.96. The molecule has 0 aliphatic heterocycles. The molecular formula is C24H27N5O3. The first-order valence-electron chi connectivity index (χ1n) is 10.6. The van der Waals surface area contributed by atoms with Gasteiger partial charge < -0.3 is 20.3 Å². The van der Waals surface area contributed by atoms with Gasteiger partial charge in [-0.15, -0.1) is 0 Å². The summed E-state index contributed by atoms with van der Waals surface area (Å²) in [7, 11) is 0. The van der Waals surface area contributed by atoms with E-state index in [1.54, 1.807) is 24.5 Å². The van der Waals surface area contributed by atoms with Gasteiger partial charge in [-0.05, 0) is 38.0 Å². The van der Waals surface area contributed by atoms with Gasteiger partial charge >= 0.3 is 0 Å². The van der Waals surface area contributed by atoms with Gasteiger partial charge in [-0.1, -0.05) is 30.3 Å². The first kappa shape index (κ1) is 21.7. The lowest BCUT2D eigenvalue weighted by atomic mass is 9.97. The zero-order valence-corrected chi connectivity index (χ0v) is 18.3. The minimum atomic E-state index is -1.02. The van der Waals surface area contributed by atoms with E-state index in [-0.39, 0.29) is 11.6 Å². The van der Waals surface area contributed by atoms with E-state index < -0.39 is 29.6 Å². The monoisotopic (exact) mass is 433 g/mol. The smallest absolute Gasteiger partial charge is 0.275 e. The normalized spacial score (nSPS) is 18.6. The van der Waals surface area contributed by atoms with Crippen LogP contribution in [0.15, 0.2) is 61.3 Å². The molecule has 1 unspecified atom stereocenters. The number of hydrogen-bond acceptors (Lipinski definition) is 5. The number of benzene rings is 1. The zero-order chi connectivity index (χ0) is 22.9. The lowest BCUT2D eigenvalue weighted by Crippen LogP contribution is -2.51. The summed E-state index contributed by atoms with van der Waals surface area (Å²) in [6.45, 7) is 5.64. The zero-order valence-electron chi connectivity index (χ0n) is 18.3. The third-order valence-corrected chi connectivity index (χ3v) is 5.44. The number of rotatable bonds is 5. The SMILES string of the molecule is CC(C)(C)NC(=O)C(c1cccnc1)N(C(=O)c1c[nH]cn1)[C@H]1c2ccccc2C[C@H]1O. The number of nitrogens with one attached hydrogen (secondary N) is 2. The maximum absolute atomic E-state index is 13.8. The molecule has 2 amide bonds. The van der Waals surface area contributed by atoms with Crippen LogP contribution in [0.5, 0.6) is 0 Å². The molecule has 8 nitrogen and oxygen atoms in total. The quantitative estimate of drug-likeness (QED) is 0.573. The molecule has 0 radical (unpaired) electrons. The Bertz CT molecular complexity index is 1090. The molecule has 2 heterocycles. The number of H-pyrrole nitrogens is 1. The lowest BCUT2D eigenvalue weighted by Gasteiger charge is -2.38. The largest absolute Gasteiger partial charge is 0.390 e. The van der Waals surface area contributed by atoms with Gasteiger partial charge in [0.15, 0.2) is 0 Å². The van der Waals surface area contributed by atoms with Gasteiger partial charge in [0.1, 0.15) is 11.7 Å². The first-order chi connectivity index (χ1) is 15.3. The number of fused-ring (bicyclic) bond motifs is 1. The number of pyridine rings is 1. The summed E-state index contributed by atoms with van der Waals surface area (Å²) < 4.78 is 0. The van der Waals surface area contributed by atoms with Gasteiger partial charge in [-0.3, -0.25) is 14.6 Å². The predicted octanol–water partition coefficient (Wildman–Crippen LogP) is 2.56. The molecular weight excluding hydrogens is 406 g/mol. The molecule has 2 aromatic heterocycles. The Labute approximate surface area is 186 Å². The summed E-state index contributed by atoms with van der Waals surface area (Å²) in [5, 5.41) is 14.1. The van der Waals surface area contributed by atoms with Crippen molar-refractivity contribution in [3.05, 3.63) is 83.7 Å². The number of aromatic nitrogens is 3. The second-order valence-corrected chi connectivity index (χ2v) is 9.01. The number of carbonyl (C=O) groups excluding carboxylic acids is 2. The third kappa shape index (κ3) is 4.27. The number of hydrogen-bond donors (Lipinski definition) is 3. The highest BCUT2D eigenvalue weighted by molar-refractivity contribution is 5.97. The van der Waals surface area contributed by atoms with Crippen molar-refractivity contribution in [2.75, 3.05) is 0 Å². The van der Waals surface area contributed by atoms with Crippen molar-refractivity contribution in [2.24, 2.45) is 0 Å². The van der Waals surface area contributed by atoms with Crippen LogP contribution < -0.4 is 5.32 Å². The molecule has 1 aliphatic rings. The summed E-state index contributed by atoms with van der Waals surface area (Å²) >= 11 is 0. The van der Waals surface area contributed by atoms with Crippen LogP contribution in [0.3, 0.4) is 0 Å². The van der Waals surface area contributed by atoms with Gasteiger partial charge in [0.25, 0.3) is 5.91 Å². The maximum Gasteiger partial charge on any atom is 0.275 e. The number of aromatic amines is 1. The number of imidazole rings is 1. The van der Waals surface area contributed by atoms with E-state index >= 15 is 0 Å². The van der Waals surface area contributed by atoms with Crippen LogP contribution in [-0.2, 0) is 11.2 Å². The van der Waals surface area contributed by atoms with Crippen molar-refractivity contribution in [2.45, 2.75) is 50.9 Å². The topological polar surface area (TPSA) is 111 Å². The molecule has 0 spiro atoms. The average molecular weight is 434 g/mol. The van der Waals surface area contributed by atoms with Crippen molar-refractivity contribution in [1.29, 1.82) is 0 Å². The molecule has 0 bridgehead atoms. The minimum Gasteiger partial charge on any atom is -0.390 e. The van der Waals surface area contributed by atoms with E-state index in [4.69, 9.17) is 0 Å². The lowest BCUT2D eigenvalue weighted by molar-refractivity contribution is -0.129. The molecule has 3 aromatic rings. The number of amides is 2. The number of carbonyl (C=O) groups is 2. The third-order valence-electron chi connectivity index (χ3n) is 5.44. The van der Waals surface area contributed by atoms with Gasteiger partial charge in [-0.25, -0.2) is 4.98 Å². The average Bonchev–Trinajstić information content (AvgIpc) is 3.38. The molecule has 166 valence electrons. The molecule has 32 heavy (non-hydrogen) atoms. The highest BCUT2D eigenvalue weighted by atomic mass is 16.3. The Morgan fingerprint density at radius 3 is 2.66 bits per heavy atom. The fraction of sp³-hybridized carbons (Fsp3) is 0.333. The highest BCUT2D eigenvalue weighted by Gasteiger charge is 2.45. The van der Waals surface area contributed by atoms with Crippen LogP contribution in [0.1, 0.15) is 60.0 Å². The van der Waals surface area contributed by atoms with Crippen molar-refractivity contribution >= 4 is 11.8 Å². The van der Waals surface area contributed by atoms with Crippen LogP contribution in [0.25, 0.3) is 0 Å². The van der Waals surface area contributed by atoms with E-state index in [1.165, 1.54) is 17.4 Å². The molecule has 1 aliphatic carbocycles. The first-order valence-corrected chi connectivity index (χ1v) is 10.6. The molecule has 3 N–H and O–H groups in total. The maximum atomic E-state index is 13.8. The van der Waals surface area contributed by atoms with Gasteiger partial charge in [0, 0.05) is 36.1 Å². The molecule has 0 saturated heterocycles. The second-order valence-electron chi connectivity index (χ2n) is 9.01. The van der Waals surface area contributed by atoms with Crippen molar-refractivity contribution in [1.82, 2.24) is 25.2 Å². The molecule has 3 atom stereocenters. The van der Waals surface area contributed by atoms with E-state index in [0.29, 0.717) is 12.0 Å². The van der Waals surface area contributed by atoms with E-state index in [1.807, 2.05) is 45.0 Å². The van der Waals surface area contributed by atoms with Gasteiger partial charge in [-0.2, -0.15) is 0 Å². The van der Waals surface area contributed by atoms with E-state index in [9.17, 15) is 14.7 Å². The Balaban J connectivity index is 1.88. The standard InChI is InChI=1S/C24H27N5O3/c1-24(2,3)28-22(31)20(16-8-6-10-25-12-16)29(23(32)18-13-26-14-27-18)21-17-9-5-4-7-15(17)11-19(21)30/h4-10,12-14,19-21,30H,11H2,1-3H3,(H,26,27)(H,28,31)/t19-,20?,21+/m1/s1. The van der Waals surface area contributed by atoms with Crippen LogP contribution >= 0.6 is 0 Å². The Morgan fingerprint density at radius 2 is 2.00 bits per heavy atom. The summed E-state index contributed by atoms with van der Waals surface area (Å²) in [5.74, 6) is -0.809.